The molecule has 0 heterocycles. The second-order valence-corrected chi connectivity index (χ2v) is 7.06. The summed E-state index contributed by atoms with van der Waals surface area (Å²) in [5, 5.41) is 0. The van der Waals surface area contributed by atoms with Crippen molar-refractivity contribution < 1.29 is 25.9 Å². The van der Waals surface area contributed by atoms with E-state index in [9.17, 15) is 25.9 Å². The highest BCUT2D eigenvalue weighted by Gasteiger charge is 2.28. The van der Waals surface area contributed by atoms with E-state index in [1.165, 1.54) is 6.07 Å². The second kappa shape index (κ2) is 5.80. The summed E-state index contributed by atoms with van der Waals surface area (Å²) in [6.07, 6.45) is 0.701. The van der Waals surface area contributed by atoms with E-state index >= 15 is 0 Å². The zero-order valence-electron chi connectivity index (χ0n) is 11.5. The Kier molecular flexibility index (Phi) is 4.96. The van der Waals surface area contributed by atoms with Crippen LogP contribution in [0.2, 0.25) is 0 Å². The van der Waals surface area contributed by atoms with Gasteiger partial charge in [0.1, 0.15) is 9.79 Å². The van der Waals surface area contributed by atoms with Gasteiger partial charge in [-0.3, -0.25) is 9.11 Å². The Morgan fingerprint density at radius 2 is 1.15 bits per heavy atom. The van der Waals surface area contributed by atoms with Crippen LogP contribution in [-0.4, -0.2) is 25.9 Å². The standard InChI is InChI=1S/C12H18O6S2/c1-4-8-7-9(5-2)12(20(16,17)18)10(6-3)11(8)19(13,14)15/h7H,4-6H2,1-3H3,(H,13,14,15)(H,16,17,18). The Morgan fingerprint density at radius 3 is 1.35 bits per heavy atom. The molecule has 8 heteroatoms. The van der Waals surface area contributed by atoms with Gasteiger partial charge in [-0.05, 0) is 36.0 Å². The van der Waals surface area contributed by atoms with Crippen LogP contribution < -0.4 is 0 Å². The summed E-state index contributed by atoms with van der Waals surface area (Å²) >= 11 is 0. The van der Waals surface area contributed by atoms with Crippen LogP contribution in [0.25, 0.3) is 0 Å². The van der Waals surface area contributed by atoms with Gasteiger partial charge in [0.25, 0.3) is 20.2 Å². The summed E-state index contributed by atoms with van der Waals surface area (Å²) in [5.41, 5.74) is 0.619. The van der Waals surface area contributed by atoms with Crippen LogP contribution in [0.3, 0.4) is 0 Å². The molecule has 0 bridgehead atoms. The van der Waals surface area contributed by atoms with Crippen LogP contribution in [0.4, 0.5) is 0 Å². The first-order valence-corrected chi connectivity index (χ1v) is 9.08. The fourth-order valence-corrected chi connectivity index (χ4v) is 4.57. The van der Waals surface area contributed by atoms with E-state index in [0.717, 1.165) is 0 Å². The van der Waals surface area contributed by atoms with Crippen molar-refractivity contribution in [2.24, 2.45) is 0 Å². The van der Waals surface area contributed by atoms with Crippen LogP contribution in [-0.2, 0) is 39.5 Å². The molecule has 2 N–H and O–H groups in total. The van der Waals surface area contributed by atoms with Gasteiger partial charge in [-0.2, -0.15) is 16.8 Å². The van der Waals surface area contributed by atoms with Gasteiger partial charge in [0.15, 0.2) is 0 Å². The highest BCUT2D eigenvalue weighted by Crippen LogP contribution is 2.32. The molecule has 114 valence electrons. The third kappa shape index (κ3) is 3.20. The maximum Gasteiger partial charge on any atom is 0.295 e. The quantitative estimate of drug-likeness (QED) is 0.801. The Balaban J connectivity index is 4.05. The van der Waals surface area contributed by atoms with Crippen LogP contribution in [0, 0.1) is 0 Å². The number of rotatable bonds is 5. The minimum absolute atomic E-state index is 0.0606. The molecule has 0 saturated heterocycles. The number of hydrogen-bond acceptors (Lipinski definition) is 4. The molecule has 20 heavy (non-hydrogen) atoms. The Hall–Kier alpha value is -0.960. The molecule has 0 aromatic heterocycles. The normalized spacial score (nSPS) is 12.7. The maximum absolute atomic E-state index is 11.6. The largest absolute Gasteiger partial charge is 0.295 e. The molecule has 1 aromatic carbocycles. The summed E-state index contributed by atoms with van der Waals surface area (Å²) in [6.45, 7) is 4.98. The highest BCUT2D eigenvalue weighted by atomic mass is 32.2. The molecular formula is C12H18O6S2. The van der Waals surface area contributed by atoms with E-state index in [2.05, 4.69) is 0 Å². The summed E-state index contributed by atoms with van der Waals surface area (Å²) in [6, 6.07) is 1.41. The van der Waals surface area contributed by atoms with E-state index in [-0.39, 0.29) is 12.0 Å². The molecule has 0 spiro atoms. The topological polar surface area (TPSA) is 109 Å². The summed E-state index contributed by atoms with van der Waals surface area (Å²) in [4.78, 5) is -0.820. The average molecular weight is 322 g/mol. The van der Waals surface area contributed by atoms with Gasteiger partial charge in [0, 0.05) is 0 Å². The van der Waals surface area contributed by atoms with E-state index < -0.39 is 30.0 Å². The second-order valence-electron chi connectivity index (χ2n) is 4.34. The molecule has 0 aliphatic rings. The van der Waals surface area contributed by atoms with Gasteiger partial charge in [0.05, 0.1) is 0 Å². The third-order valence-corrected chi connectivity index (χ3v) is 5.16. The van der Waals surface area contributed by atoms with Gasteiger partial charge < -0.3 is 0 Å². The summed E-state index contributed by atoms with van der Waals surface area (Å²) < 4.78 is 64.9. The monoisotopic (exact) mass is 322 g/mol. The molecule has 0 fully saturated rings. The van der Waals surface area contributed by atoms with E-state index in [1.807, 2.05) is 0 Å². The number of aryl methyl sites for hydroxylation is 2. The zero-order valence-corrected chi connectivity index (χ0v) is 13.2. The molecule has 0 saturated carbocycles. The smallest absolute Gasteiger partial charge is 0.282 e. The van der Waals surface area contributed by atoms with Crippen molar-refractivity contribution in [3.05, 3.63) is 22.8 Å². The first-order chi connectivity index (χ1) is 9.07. The van der Waals surface area contributed by atoms with Crippen molar-refractivity contribution in [3.63, 3.8) is 0 Å². The highest BCUT2D eigenvalue weighted by molar-refractivity contribution is 7.86. The number of hydrogen-bond donors (Lipinski definition) is 2. The molecule has 6 nitrogen and oxygen atoms in total. The third-order valence-electron chi connectivity index (χ3n) is 3.11. The fourth-order valence-electron chi connectivity index (χ4n) is 2.32. The average Bonchev–Trinajstić information content (AvgIpc) is 2.33. The van der Waals surface area contributed by atoms with Crippen LogP contribution in [0.1, 0.15) is 37.5 Å². The molecule has 0 atom stereocenters. The van der Waals surface area contributed by atoms with Crippen LogP contribution in [0.15, 0.2) is 15.9 Å². The molecule has 0 unspecified atom stereocenters. The van der Waals surface area contributed by atoms with Gasteiger partial charge in [-0.25, -0.2) is 0 Å². The molecule has 0 radical (unpaired) electrons. The molecule has 1 rings (SSSR count). The lowest BCUT2D eigenvalue weighted by Crippen LogP contribution is -2.15. The van der Waals surface area contributed by atoms with E-state index in [4.69, 9.17) is 0 Å². The van der Waals surface area contributed by atoms with Gasteiger partial charge >= 0.3 is 0 Å². The summed E-state index contributed by atoms with van der Waals surface area (Å²) in [7, 11) is -9.14. The zero-order chi connectivity index (χ0) is 15.7. The van der Waals surface area contributed by atoms with E-state index in [1.54, 1.807) is 20.8 Å². The predicted octanol–water partition coefficient (Wildman–Crippen LogP) is 1.87. The SMILES string of the molecule is CCc1cc(CC)c(S(=O)(=O)O)c(CC)c1S(=O)(=O)O. The minimum atomic E-state index is -4.57. The molecule has 0 aliphatic carbocycles. The lowest BCUT2D eigenvalue weighted by Gasteiger charge is -2.17. The molecule has 0 aliphatic heterocycles. The van der Waals surface area contributed by atoms with Gasteiger partial charge in [-0.15, -0.1) is 0 Å². The van der Waals surface area contributed by atoms with Crippen molar-refractivity contribution >= 4 is 20.2 Å². The first kappa shape index (κ1) is 17.1. The van der Waals surface area contributed by atoms with Crippen molar-refractivity contribution in [2.45, 2.75) is 49.8 Å². The van der Waals surface area contributed by atoms with Crippen molar-refractivity contribution in [1.82, 2.24) is 0 Å². The van der Waals surface area contributed by atoms with Crippen LogP contribution >= 0.6 is 0 Å². The molecular weight excluding hydrogens is 304 g/mol. The Morgan fingerprint density at radius 1 is 0.800 bits per heavy atom. The number of benzene rings is 1. The Bertz CT molecular complexity index is 659. The van der Waals surface area contributed by atoms with E-state index in [0.29, 0.717) is 24.0 Å². The van der Waals surface area contributed by atoms with Crippen molar-refractivity contribution in [1.29, 1.82) is 0 Å². The van der Waals surface area contributed by atoms with Gasteiger partial charge in [0.2, 0.25) is 0 Å². The lowest BCUT2D eigenvalue weighted by molar-refractivity contribution is 0.477. The van der Waals surface area contributed by atoms with Crippen LogP contribution in [0.5, 0.6) is 0 Å². The lowest BCUT2D eigenvalue weighted by atomic mass is 10.0. The fraction of sp³-hybridized carbons (Fsp3) is 0.500. The predicted molar refractivity (Wildman–Crippen MR) is 74.2 cm³/mol. The maximum atomic E-state index is 11.6. The Labute approximate surface area is 119 Å². The van der Waals surface area contributed by atoms with Crippen molar-refractivity contribution in [3.8, 4) is 0 Å². The first-order valence-electron chi connectivity index (χ1n) is 6.20. The van der Waals surface area contributed by atoms with Crippen molar-refractivity contribution in [2.75, 3.05) is 0 Å². The molecule has 0 amide bonds. The van der Waals surface area contributed by atoms with Gasteiger partial charge in [-0.1, -0.05) is 26.8 Å². The minimum Gasteiger partial charge on any atom is -0.282 e. The summed E-state index contributed by atoms with van der Waals surface area (Å²) in [5.74, 6) is 0. The molecule has 1 aromatic rings.